The predicted octanol–water partition coefficient (Wildman–Crippen LogP) is 0.852. The molecule has 18 heavy (non-hydrogen) atoms. The molecule has 3 rings (SSSR count). The van der Waals surface area contributed by atoms with Gasteiger partial charge in [0.25, 0.3) is 0 Å². The summed E-state index contributed by atoms with van der Waals surface area (Å²) in [6, 6.07) is 5.36. The zero-order valence-corrected chi connectivity index (χ0v) is 9.97. The Morgan fingerprint density at radius 2 is 2.06 bits per heavy atom. The fraction of sp³-hybridized carbons (Fsp3) is 0.308. The van der Waals surface area contributed by atoms with Crippen LogP contribution in [0.3, 0.4) is 0 Å². The van der Waals surface area contributed by atoms with E-state index in [-0.39, 0.29) is 0 Å². The number of piperazine rings is 1. The predicted molar refractivity (Wildman–Crippen MR) is 70.0 cm³/mol. The van der Waals surface area contributed by atoms with E-state index in [0.29, 0.717) is 5.56 Å². The standard InChI is InChI=1S/C13H14N4O/c18-9-10-1-2-11-12(7-10)16-13(8-15-11)17-5-3-14-4-6-17/h1-2,7-9,14H,3-6H2. The number of aromatic nitrogens is 2. The molecule has 0 radical (unpaired) electrons. The van der Waals surface area contributed by atoms with Crippen molar-refractivity contribution in [3.8, 4) is 0 Å². The summed E-state index contributed by atoms with van der Waals surface area (Å²) in [5.41, 5.74) is 2.23. The molecular weight excluding hydrogens is 228 g/mol. The van der Waals surface area contributed by atoms with E-state index >= 15 is 0 Å². The molecular formula is C13H14N4O. The Bertz CT molecular complexity index is 578. The summed E-state index contributed by atoms with van der Waals surface area (Å²) in [6.45, 7) is 3.81. The Morgan fingerprint density at radius 1 is 1.22 bits per heavy atom. The summed E-state index contributed by atoms with van der Waals surface area (Å²) in [7, 11) is 0. The normalized spacial score (nSPS) is 15.9. The van der Waals surface area contributed by atoms with Crippen molar-refractivity contribution in [2.24, 2.45) is 0 Å². The van der Waals surface area contributed by atoms with Gasteiger partial charge >= 0.3 is 0 Å². The molecule has 0 amide bonds. The molecule has 5 nitrogen and oxygen atoms in total. The van der Waals surface area contributed by atoms with Crippen LogP contribution >= 0.6 is 0 Å². The van der Waals surface area contributed by atoms with E-state index in [0.717, 1.165) is 49.3 Å². The Kier molecular flexibility index (Phi) is 2.90. The van der Waals surface area contributed by atoms with Gasteiger partial charge in [0.15, 0.2) is 0 Å². The molecule has 2 heterocycles. The van der Waals surface area contributed by atoms with E-state index in [1.54, 1.807) is 18.3 Å². The van der Waals surface area contributed by atoms with Crippen LogP contribution in [-0.2, 0) is 0 Å². The molecule has 2 aromatic rings. The third-order valence-corrected chi connectivity index (χ3v) is 3.13. The third-order valence-electron chi connectivity index (χ3n) is 3.13. The fourth-order valence-electron chi connectivity index (χ4n) is 2.14. The monoisotopic (exact) mass is 242 g/mol. The summed E-state index contributed by atoms with van der Waals surface area (Å²) in [4.78, 5) is 22.0. The zero-order chi connectivity index (χ0) is 12.4. The second-order valence-electron chi connectivity index (χ2n) is 4.33. The van der Waals surface area contributed by atoms with Crippen molar-refractivity contribution in [3.05, 3.63) is 30.0 Å². The van der Waals surface area contributed by atoms with Gasteiger partial charge in [0.05, 0.1) is 17.2 Å². The van der Waals surface area contributed by atoms with E-state index in [4.69, 9.17) is 0 Å². The van der Waals surface area contributed by atoms with Crippen LogP contribution in [-0.4, -0.2) is 42.4 Å². The first-order valence-corrected chi connectivity index (χ1v) is 6.04. The van der Waals surface area contributed by atoms with Gasteiger partial charge in [0, 0.05) is 31.7 Å². The van der Waals surface area contributed by atoms with Gasteiger partial charge in [-0.15, -0.1) is 0 Å². The van der Waals surface area contributed by atoms with Crippen LogP contribution in [0.5, 0.6) is 0 Å². The molecule has 0 bridgehead atoms. The highest BCUT2D eigenvalue weighted by molar-refractivity contribution is 5.84. The highest BCUT2D eigenvalue weighted by atomic mass is 16.1. The van der Waals surface area contributed by atoms with Gasteiger partial charge in [0.2, 0.25) is 0 Å². The number of hydrogen-bond donors (Lipinski definition) is 1. The van der Waals surface area contributed by atoms with Crippen LogP contribution < -0.4 is 10.2 Å². The maximum atomic E-state index is 10.8. The van der Waals surface area contributed by atoms with Crippen LogP contribution in [0.25, 0.3) is 11.0 Å². The molecule has 1 saturated heterocycles. The van der Waals surface area contributed by atoms with E-state index in [1.807, 2.05) is 6.07 Å². The lowest BCUT2D eigenvalue weighted by Crippen LogP contribution is -2.43. The Balaban J connectivity index is 2.00. The molecule has 0 aliphatic carbocycles. The number of carbonyl (C=O) groups excluding carboxylic acids is 1. The van der Waals surface area contributed by atoms with Crippen molar-refractivity contribution in [2.45, 2.75) is 0 Å². The van der Waals surface area contributed by atoms with Gasteiger partial charge in [-0.05, 0) is 18.2 Å². The molecule has 0 spiro atoms. The Morgan fingerprint density at radius 3 is 2.83 bits per heavy atom. The molecule has 0 atom stereocenters. The van der Waals surface area contributed by atoms with Crippen LogP contribution in [0.1, 0.15) is 10.4 Å². The summed E-state index contributed by atoms with van der Waals surface area (Å²) in [6.07, 6.45) is 2.63. The number of anilines is 1. The summed E-state index contributed by atoms with van der Waals surface area (Å²) in [5, 5.41) is 3.30. The second-order valence-corrected chi connectivity index (χ2v) is 4.33. The lowest BCUT2D eigenvalue weighted by Gasteiger charge is -2.28. The highest BCUT2D eigenvalue weighted by Gasteiger charge is 2.12. The second kappa shape index (κ2) is 4.70. The number of hydrogen-bond acceptors (Lipinski definition) is 5. The average Bonchev–Trinajstić information content (AvgIpc) is 2.47. The number of carbonyl (C=O) groups is 1. The molecule has 1 N–H and O–H groups in total. The lowest BCUT2D eigenvalue weighted by molar-refractivity contribution is 0.112. The maximum Gasteiger partial charge on any atom is 0.150 e. The smallest absolute Gasteiger partial charge is 0.150 e. The van der Waals surface area contributed by atoms with Gasteiger partial charge in [0.1, 0.15) is 12.1 Å². The number of rotatable bonds is 2. The summed E-state index contributed by atoms with van der Waals surface area (Å²) >= 11 is 0. The van der Waals surface area contributed by atoms with Crippen LogP contribution in [0.15, 0.2) is 24.4 Å². The number of nitrogens with one attached hydrogen (secondary N) is 1. The summed E-state index contributed by atoms with van der Waals surface area (Å²) in [5.74, 6) is 0.882. The Labute approximate surface area is 105 Å². The molecule has 0 saturated carbocycles. The van der Waals surface area contributed by atoms with Gasteiger partial charge in [-0.1, -0.05) is 0 Å². The van der Waals surface area contributed by atoms with Gasteiger partial charge in [-0.2, -0.15) is 0 Å². The first-order valence-electron chi connectivity index (χ1n) is 6.04. The molecule has 5 heteroatoms. The molecule has 1 fully saturated rings. The van der Waals surface area contributed by atoms with Crippen molar-refractivity contribution in [1.82, 2.24) is 15.3 Å². The van der Waals surface area contributed by atoms with Crippen LogP contribution in [0.4, 0.5) is 5.82 Å². The zero-order valence-electron chi connectivity index (χ0n) is 9.97. The fourth-order valence-corrected chi connectivity index (χ4v) is 2.14. The minimum absolute atomic E-state index is 0.634. The SMILES string of the molecule is O=Cc1ccc2ncc(N3CCNCC3)nc2c1. The van der Waals surface area contributed by atoms with E-state index in [1.165, 1.54) is 0 Å². The van der Waals surface area contributed by atoms with E-state index < -0.39 is 0 Å². The topological polar surface area (TPSA) is 58.1 Å². The van der Waals surface area contributed by atoms with E-state index in [2.05, 4.69) is 20.2 Å². The molecule has 92 valence electrons. The number of benzene rings is 1. The minimum Gasteiger partial charge on any atom is -0.353 e. The first-order chi connectivity index (χ1) is 8.86. The van der Waals surface area contributed by atoms with Gasteiger partial charge in [-0.25, -0.2) is 4.98 Å². The first kappa shape index (κ1) is 11.1. The molecule has 1 aromatic heterocycles. The molecule has 1 aliphatic heterocycles. The highest BCUT2D eigenvalue weighted by Crippen LogP contribution is 2.16. The lowest BCUT2D eigenvalue weighted by atomic mass is 10.2. The summed E-state index contributed by atoms with van der Waals surface area (Å²) < 4.78 is 0. The average molecular weight is 242 g/mol. The van der Waals surface area contributed by atoms with Crippen molar-refractivity contribution < 1.29 is 4.79 Å². The van der Waals surface area contributed by atoms with Crippen molar-refractivity contribution in [2.75, 3.05) is 31.1 Å². The quantitative estimate of drug-likeness (QED) is 0.791. The van der Waals surface area contributed by atoms with Crippen molar-refractivity contribution >= 4 is 23.1 Å². The van der Waals surface area contributed by atoms with Crippen molar-refractivity contribution in [1.29, 1.82) is 0 Å². The van der Waals surface area contributed by atoms with E-state index in [9.17, 15) is 4.79 Å². The number of aldehydes is 1. The number of fused-ring (bicyclic) bond motifs is 1. The minimum atomic E-state index is 0.634. The Hall–Kier alpha value is -2.01. The largest absolute Gasteiger partial charge is 0.353 e. The van der Waals surface area contributed by atoms with Gasteiger partial charge < -0.3 is 10.2 Å². The molecule has 1 aromatic carbocycles. The van der Waals surface area contributed by atoms with Gasteiger partial charge in [-0.3, -0.25) is 9.78 Å². The van der Waals surface area contributed by atoms with Crippen LogP contribution in [0.2, 0.25) is 0 Å². The maximum absolute atomic E-state index is 10.8. The molecule has 0 unspecified atom stereocenters. The van der Waals surface area contributed by atoms with Crippen molar-refractivity contribution in [3.63, 3.8) is 0 Å². The number of nitrogens with zero attached hydrogens (tertiary/aromatic N) is 3. The molecule has 1 aliphatic rings. The van der Waals surface area contributed by atoms with Crippen LogP contribution in [0, 0.1) is 0 Å². The third kappa shape index (κ3) is 2.04.